The normalized spacial score (nSPS) is 21.0. The molecule has 0 bridgehead atoms. The lowest BCUT2D eigenvalue weighted by Crippen LogP contribution is -2.40. The van der Waals surface area contributed by atoms with Crippen molar-refractivity contribution in [1.29, 1.82) is 0 Å². The maximum atomic E-state index is 13.6. The van der Waals surface area contributed by atoms with Crippen molar-refractivity contribution in [1.82, 2.24) is 4.72 Å². The first-order valence-electron chi connectivity index (χ1n) is 7.23. The van der Waals surface area contributed by atoms with E-state index in [1.165, 1.54) is 13.8 Å². The molecule has 0 aliphatic heterocycles. The van der Waals surface area contributed by atoms with Crippen LogP contribution in [0.1, 0.15) is 36.8 Å². The SMILES string of the molecule is Cc1cc(S(=O)(=O)NC(=O)C2CCCC(F)(F)C2)cc(C)c1F. The maximum Gasteiger partial charge on any atom is 0.264 e. The van der Waals surface area contributed by atoms with Gasteiger partial charge in [0, 0.05) is 18.8 Å². The van der Waals surface area contributed by atoms with Crippen LogP contribution in [0.25, 0.3) is 0 Å². The van der Waals surface area contributed by atoms with Gasteiger partial charge in [0.1, 0.15) is 5.82 Å². The van der Waals surface area contributed by atoms with Crippen molar-refractivity contribution in [2.24, 2.45) is 5.92 Å². The minimum Gasteiger partial charge on any atom is -0.274 e. The summed E-state index contributed by atoms with van der Waals surface area (Å²) in [5.41, 5.74) is 0.254. The molecule has 0 heterocycles. The number of aryl methyl sites for hydroxylation is 2. The summed E-state index contributed by atoms with van der Waals surface area (Å²) in [7, 11) is -4.22. The number of halogens is 3. The van der Waals surface area contributed by atoms with E-state index >= 15 is 0 Å². The fraction of sp³-hybridized carbons (Fsp3) is 0.533. The van der Waals surface area contributed by atoms with E-state index in [0.717, 1.165) is 12.1 Å². The molecule has 1 N–H and O–H groups in total. The van der Waals surface area contributed by atoms with E-state index in [1.54, 1.807) is 0 Å². The summed E-state index contributed by atoms with van der Waals surface area (Å²) in [5, 5.41) is 0. The lowest BCUT2D eigenvalue weighted by molar-refractivity contribution is -0.130. The molecule has 1 aromatic carbocycles. The molecule has 4 nitrogen and oxygen atoms in total. The largest absolute Gasteiger partial charge is 0.274 e. The smallest absolute Gasteiger partial charge is 0.264 e. The van der Waals surface area contributed by atoms with Crippen LogP contribution in [0.15, 0.2) is 17.0 Å². The summed E-state index contributed by atoms with van der Waals surface area (Å²) in [6.45, 7) is 2.82. The minimum atomic E-state index is -4.22. The summed E-state index contributed by atoms with van der Waals surface area (Å²) >= 11 is 0. The van der Waals surface area contributed by atoms with E-state index in [9.17, 15) is 26.4 Å². The predicted octanol–water partition coefficient (Wildman–Crippen LogP) is 3.07. The standard InChI is InChI=1S/C15H18F3NO3S/c1-9-6-12(7-10(2)13(9)16)23(21,22)19-14(20)11-4-3-5-15(17,18)8-11/h6-7,11H,3-5,8H2,1-2H3,(H,19,20). The first kappa shape index (κ1) is 17.8. The lowest BCUT2D eigenvalue weighted by Gasteiger charge is -2.27. The Balaban J connectivity index is 2.20. The molecule has 1 saturated carbocycles. The second-order valence-corrected chi connectivity index (χ2v) is 7.67. The van der Waals surface area contributed by atoms with Gasteiger partial charge >= 0.3 is 0 Å². The Morgan fingerprint density at radius 3 is 2.35 bits per heavy atom. The Bertz CT molecular complexity index is 708. The molecule has 23 heavy (non-hydrogen) atoms. The van der Waals surface area contributed by atoms with Crippen LogP contribution >= 0.6 is 0 Å². The molecule has 0 aromatic heterocycles. The van der Waals surface area contributed by atoms with Crippen LogP contribution in [0, 0.1) is 25.6 Å². The molecule has 8 heteroatoms. The molecule has 0 radical (unpaired) electrons. The summed E-state index contributed by atoms with van der Waals surface area (Å²) < 4.78 is 66.5. The molecule has 1 unspecified atom stereocenters. The second-order valence-electron chi connectivity index (χ2n) is 5.99. The van der Waals surface area contributed by atoms with Gasteiger partial charge in [-0.1, -0.05) is 0 Å². The van der Waals surface area contributed by atoms with Crippen molar-refractivity contribution in [2.45, 2.75) is 50.3 Å². The van der Waals surface area contributed by atoms with Gasteiger partial charge in [-0.3, -0.25) is 4.79 Å². The van der Waals surface area contributed by atoms with Crippen molar-refractivity contribution in [3.63, 3.8) is 0 Å². The number of benzene rings is 1. The van der Waals surface area contributed by atoms with Gasteiger partial charge < -0.3 is 0 Å². The van der Waals surface area contributed by atoms with E-state index in [0.29, 0.717) is 0 Å². The topological polar surface area (TPSA) is 63.2 Å². The molecule has 128 valence electrons. The van der Waals surface area contributed by atoms with Crippen LogP contribution in [-0.2, 0) is 14.8 Å². The number of hydrogen-bond donors (Lipinski definition) is 1. The third-order valence-corrected chi connectivity index (χ3v) is 5.29. The number of hydrogen-bond acceptors (Lipinski definition) is 3. The quantitative estimate of drug-likeness (QED) is 0.912. The van der Waals surface area contributed by atoms with Crippen molar-refractivity contribution in [3.8, 4) is 0 Å². The lowest BCUT2D eigenvalue weighted by atomic mass is 9.86. The van der Waals surface area contributed by atoms with Gasteiger partial charge in [-0.2, -0.15) is 0 Å². The zero-order chi connectivity index (χ0) is 17.4. The number of nitrogens with one attached hydrogen (secondary N) is 1. The molecule has 1 atom stereocenters. The second kappa shape index (κ2) is 6.14. The molecule has 1 fully saturated rings. The van der Waals surface area contributed by atoms with Crippen LogP contribution < -0.4 is 4.72 Å². The maximum absolute atomic E-state index is 13.6. The van der Waals surface area contributed by atoms with Gasteiger partial charge in [-0.15, -0.1) is 0 Å². The summed E-state index contributed by atoms with van der Waals surface area (Å²) in [6, 6.07) is 2.21. The third kappa shape index (κ3) is 4.04. The van der Waals surface area contributed by atoms with Crippen LogP contribution in [0.3, 0.4) is 0 Å². The van der Waals surface area contributed by atoms with E-state index < -0.39 is 40.0 Å². The van der Waals surface area contributed by atoms with Crippen LogP contribution in [0.4, 0.5) is 13.2 Å². The highest BCUT2D eigenvalue weighted by molar-refractivity contribution is 7.90. The molecule has 0 saturated heterocycles. The number of alkyl halides is 2. The molecule has 0 spiro atoms. The Morgan fingerprint density at radius 1 is 1.26 bits per heavy atom. The van der Waals surface area contributed by atoms with Crippen LogP contribution in [0.5, 0.6) is 0 Å². The molecular weight excluding hydrogens is 331 g/mol. The zero-order valence-electron chi connectivity index (χ0n) is 12.8. The van der Waals surface area contributed by atoms with Crippen molar-refractivity contribution < 1.29 is 26.4 Å². The van der Waals surface area contributed by atoms with Gasteiger partial charge in [0.05, 0.1) is 4.90 Å². The number of sulfonamides is 1. The number of amides is 1. The monoisotopic (exact) mass is 349 g/mol. The molecule has 2 rings (SSSR count). The summed E-state index contributed by atoms with van der Waals surface area (Å²) in [5.74, 6) is -5.46. The van der Waals surface area contributed by atoms with Gasteiger partial charge in [0.2, 0.25) is 11.8 Å². The molecule has 1 aromatic rings. The Kier molecular flexibility index (Phi) is 4.75. The highest BCUT2D eigenvalue weighted by Crippen LogP contribution is 2.36. The molecule has 1 aliphatic rings. The average Bonchev–Trinajstić information content (AvgIpc) is 2.42. The molecule has 1 aliphatic carbocycles. The fourth-order valence-corrected chi connectivity index (χ4v) is 3.94. The van der Waals surface area contributed by atoms with Crippen molar-refractivity contribution >= 4 is 15.9 Å². The van der Waals surface area contributed by atoms with Gasteiger partial charge in [-0.05, 0) is 49.9 Å². The first-order chi connectivity index (χ1) is 10.5. The van der Waals surface area contributed by atoms with E-state index in [2.05, 4.69) is 0 Å². The highest BCUT2D eigenvalue weighted by Gasteiger charge is 2.40. The van der Waals surface area contributed by atoms with Crippen molar-refractivity contribution in [3.05, 3.63) is 29.1 Å². The molecular formula is C15H18F3NO3S. The van der Waals surface area contributed by atoms with Crippen LogP contribution in [0.2, 0.25) is 0 Å². The summed E-state index contributed by atoms with van der Waals surface area (Å²) in [4.78, 5) is 11.8. The average molecular weight is 349 g/mol. The minimum absolute atomic E-state index is 0.127. The fourth-order valence-electron chi connectivity index (χ4n) is 2.73. The number of carbonyl (C=O) groups excluding carboxylic acids is 1. The predicted molar refractivity (Wildman–Crippen MR) is 78.1 cm³/mol. The molecule has 1 amide bonds. The first-order valence-corrected chi connectivity index (χ1v) is 8.71. The van der Waals surface area contributed by atoms with Gasteiger partial charge in [0.25, 0.3) is 10.0 Å². The van der Waals surface area contributed by atoms with Gasteiger partial charge in [-0.25, -0.2) is 26.3 Å². The van der Waals surface area contributed by atoms with Crippen molar-refractivity contribution in [2.75, 3.05) is 0 Å². The van der Waals surface area contributed by atoms with E-state index in [-0.39, 0.29) is 35.3 Å². The Labute approximate surface area is 133 Å². The number of rotatable bonds is 3. The number of carbonyl (C=O) groups is 1. The highest BCUT2D eigenvalue weighted by atomic mass is 32.2. The van der Waals surface area contributed by atoms with Gasteiger partial charge in [0.15, 0.2) is 0 Å². The Morgan fingerprint density at radius 2 is 1.83 bits per heavy atom. The van der Waals surface area contributed by atoms with E-state index in [1.807, 2.05) is 4.72 Å². The summed E-state index contributed by atoms with van der Waals surface area (Å²) in [6.07, 6.45) is -0.561. The third-order valence-electron chi connectivity index (χ3n) is 3.97. The van der Waals surface area contributed by atoms with E-state index in [4.69, 9.17) is 0 Å². The van der Waals surface area contributed by atoms with Crippen LogP contribution in [-0.4, -0.2) is 20.2 Å². The zero-order valence-corrected chi connectivity index (χ0v) is 13.6. The Hall–Kier alpha value is -1.57.